The Labute approximate surface area is 140 Å². The van der Waals surface area contributed by atoms with Gasteiger partial charge in [-0.05, 0) is 31.2 Å². The average molecular weight is 389 g/mol. The van der Waals surface area contributed by atoms with Crippen molar-refractivity contribution < 1.29 is 13.2 Å². The molecule has 1 saturated heterocycles. The zero-order valence-electron chi connectivity index (χ0n) is 12.8. The molecule has 0 unspecified atom stereocenters. The maximum atomic E-state index is 12.5. The summed E-state index contributed by atoms with van der Waals surface area (Å²) in [6.45, 7) is 5.79. The summed E-state index contributed by atoms with van der Waals surface area (Å²) >= 11 is 3.28. The molecule has 1 N–H and O–H groups in total. The zero-order valence-corrected chi connectivity index (χ0v) is 15.2. The van der Waals surface area contributed by atoms with Crippen molar-refractivity contribution in [3.63, 3.8) is 0 Å². The molecule has 1 aromatic carbocycles. The fourth-order valence-electron chi connectivity index (χ4n) is 2.59. The number of nitrogens with one attached hydrogen (secondary N) is 1. The van der Waals surface area contributed by atoms with E-state index in [2.05, 4.69) is 21.2 Å². The fourth-order valence-corrected chi connectivity index (χ4v) is 4.40. The molecular formula is C15H21BrN2O3S. The quantitative estimate of drug-likeness (QED) is 0.851. The molecule has 7 heteroatoms. The molecule has 0 bridgehead atoms. The summed E-state index contributed by atoms with van der Waals surface area (Å²) in [6, 6.07) is 6.60. The van der Waals surface area contributed by atoms with E-state index in [9.17, 15) is 13.2 Å². The highest BCUT2D eigenvalue weighted by Crippen LogP contribution is 2.19. The third-order valence-corrected chi connectivity index (χ3v) is 6.31. The molecule has 1 aliphatic heterocycles. The molecule has 1 aromatic rings. The standard InChI is InChI=1S/C15H21BrN2O3S/c1-11(15(19)18-8-7-17-9-12(18)2)10-22(20,21)14-5-3-13(16)4-6-14/h3-6,11-12,17H,7-10H2,1-2H3/t11-,12-/m1/s1. The maximum Gasteiger partial charge on any atom is 0.226 e. The van der Waals surface area contributed by atoms with Crippen LogP contribution in [0.2, 0.25) is 0 Å². The van der Waals surface area contributed by atoms with Gasteiger partial charge in [-0.2, -0.15) is 0 Å². The molecule has 0 spiro atoms. The van der Waals surface area contributed by atoms with Crippen LogP contribution < -0.4 is 5.32 Å². The molecule has 1 heterocycles. The van der Waals surface area contributed by atoms with Crippen LogP contribution in [0.15, 0.2) is 33.6 Å². The van der Waals surface area contributed by atoms with E-state index in [1.54, 1.807) is 36.1 Å². The van der Waals surface area contributed by atoms with Gasteiger partial charge < -0.3 is 10.2 Å². The smallest absolute Gasteiger partial charge is 0.226 e. The van der Waals surface area contributed by atoms with Crippen LogP contribution in [0, 0.1) is 5.92 Å². The third kappa shape index (κ3) is 4.08. The molecule has 0 radical (unpaired) electrons. The number of piperazine rings is 1. The van der Waals surface area contributed by atoms with Crippen molar-refractivity contribution in [2.45, 2.75) is 24.8 Å². The van der Waals surface area contributed by atoms with Crippen molar-refractivity contribution in [1.82, 2.24) is 10.2 Å². The number of amides is 1. The van der Waals surface area contributed by atoms with Crippen molar-refractivity contribution in [1.29, 1.82) is 0 Å². The van der Waals surface area contributed by atoms with Crippen LogP contribution in [0.3, 0.4) is 0 Å². The van der Waals surface area contributed by atoms with Gasteiger partial charge in [-0.25, -0.2) is 8.42 Å². The number of halogens is 1. The molecule has 0 aromatic heterocycles. The van der Waals surface area contributed by atoms with Gasteiger partial charge in [-0.3, -0.25) is 4.79 Å². The lowest BCUT2D eigenvalue weighted by atomic mass is 10.1. The van der Waals surface area contributed by atoms with E-state index in [0.717, 1.165) is 17.6 Å². The van der Waals surface area contributed by atoms with E-state index < -0.39 is 15.8 Å². The first kappa shape index (κ1) is 17.4. The van der Waals surface area contributed by atoms with E-state index in [0.29, 0.717) is 6.54 Å². The van der Waals surface area contributed by atoms with E-state index in [1.165, 1.54) is 0 Å². The molecule has 2 atom stereocenters. The first-order valence-electron chi connectivity index (χ1n) is 7.31. The minimum atomic E-state index is -3.46. The molecule has 2 rings (SSSR count). The zero-order chi connectivity index (χ0) is 16.3. The monoisotopic (exact) mass is 388 g/mol. The Morgan fingerprint density at radius 3 is 2.64 bits per heavy atom. The lowest BCUT2D eigenvalue weighted by Crippen LogP contribution is -2.54. The predicted octanol–water partition coefficient (Wildman–Crippen LogP) is 1.68. The van der Waals surface area contributed by atoms with Gasteiger partial charge in [0.25, 0.3) is 0 Å². The first-order chi connectivity index (χ1) is 10.3. The van der Waals surface area contributed by atoms with Crippen molar-refractivity contribution in [3.05, 3.63) is 28.7 Å². The van der Waals surface area contributed by atoms with Crippen LogP contribution >= 0.6 is 15.9 Å². The van der Waals surface area contributed by atoms with Crippen LogP contribution in [-0.4, -0.2) is 50.7 Å². The molecule has 1 aliphatic rings. The van der Waals surface area contributed by atoms with E-state index in [4.69, 9.17) is 0 Å². The second kappa shape index (κ2) is 7.10. The van der Waals surface area contributed by atoms with Gasteiger partial charge in [0.15, 0.2) is 9.84 Å². The minimum Gasteiger partial charge on any atom is -0.337 e. The Kier molecular flexibility index (Phi) is 5.63. The van der Waals surface area contributed by atoms with E-state index >= 15 is 0 Å². The summed E-state index contributed by atoms with van der Waals surface area (Å²) < 4.78 is 25.7. The van der Waals surface area contributed by atoms with Gasteiger partial charge >= 0.3 is 0 Å². The number of benzene rings is 1. The van der Waals surface area contributed by atoms with Crippen LogP contribution in [0.5, 0.6) is 0 Å². The number of rotatable bonds is 4. The molecule has 22 heavy (non-hydrogen) atoms. The van der Waals surface area contributed by atoms with Crippen molar-refractivity contribution in [3.8, 4) is 0 Å². The van der Waals surface area contributed by atoms with Crippen molar-refractivity contribution in [2.24, 2.45) is 5.92 Å². The van der Waals surface area contributed by atoms with Gasteiger partial charge in [-0.15, -0.1) is 0 Å². The Morgan fingerprint density at radius 2 is 2.05 bits per heavy atom. The van der Waals surface area contributed by atoms with Gasteiger partial charge in [-0.1, -0.05) is 22.9 Å². The van der Waals surface area contributed by atoms with Gasteiger partial charge in [0.05, 0.1) is 10.6 Å². The number of carbonyl (C=O) groups excluding carboxylic acids is 1. The summed E-state index contributed by atoms with van der Waals surface area (Å²) in [5.41, 5.74) is 0. The van der Waals surface area contributed by atoms with Crippen molar-refractivity contribution >= 4 is 31.7 Å². The molecule has 122 valence electrons. The van der Waals surface area contributed by atoms with Gasteiger partial charge in [0.2, 0.25) is 5.91 Å². The summed E-state index contributed by atoms with van der Waals surface area (Å²) in [5, 5.41) is 3.22. The topological polar surface area (TPSA) is 66.5 Å². The average Bonchev–Trinajstić information content (AvgIpc) is 2.47. The van der Waals surface area contributed by atoms with Crippen LogP contribution in [0.1, 0.15) is 13.8 Å². The first-order valence-corrected chi connectivity index (χ1v) is 9.75. The summed E-state index contributed by atoms with van der Waals surface area (Å²) in [6.07, 6.45) is 0. The highest BCUT2D eigenvalue weighted by atomic mass is 79.9. The van der Waals surface area contributed by atoms with Crippen LogP contribution in [0.25, 0.3) is 0 Å². The van der Waals surface area contributed by atoms with E-state index in [1.807, 2.05) is 6.92 Å². The van der Waals surface area contributed by atoms with Crippen LogP contribution in [-0.2, 0) is 14.6 Å². The maximum absolute atomic E-state index is 12.5. The van der Waals surface area contributed by atoms with Crippen LogP contribution in [0.4, 0.5) is 0 Å². The normalized spacial score (nSPS) is 20.7. The summed E-state index contributed by atoms with van der Waals surface area (Å²) in [5.74, 6) is -0.798. The number of sulfone groups is 1. The molecule has 5 nitrogen and oxygen atoms in total. The highest BCUT2D eigenvalue weighted by molar-refractivity contribution is 9.10. The molecular weight excluding hydrogens is 368 g/mol. The third-order valence-electron chi connectivity index (χ3n) is 3.85. The Bertz CT molecular complexity index is 631. The number of hydrogen-bond acceptors (Lipinski definition) is 4. The number of hydrogen-bond donors (Lipinski definition) is 1. The van der Waals surface area contributed by atoms with Crippen molar-refractivity contribution in [2.75, 3.05) is 25.4 Å². The Hall–Kier alpha value is -0.920. The Balaban J connectivity index is 2.08. The largest absolute Gasteiger partial charge is 0.337 e. The predicted molar refractivity (Wildman–Crippen MR) is 89.4 cm³/mol. The lowest BCUT2D eigenvalue weighted by Gasteiger charge is -2.35. The highest BCUT2D eigenvalue weighted by Gasteiger charge is 2.30. The second-order valence-corrected chi connectivity index (χ2v) is 8.67. The number of carbonyl (C=O) groups is 1. The Morgan fingerprint density at radius 1 is 1.41 bits per heavy atom. The molecule has 0 aliphatic carbocycles. The SMILES string of the molecule is C[C@H](CS(=O)(=O)c1ccc(Br)cc1)C(=O)N1CCNC[C@H]1C. The summed E-state index contributed by atoms with van der Waals surface area (Å²) in [7, 11) is -3.46. The fraction of sp³-hybridized carbons (Fsp3) is 0.533. The number of nitrogens with zero attached hydrogens (tertiary/aromatic N) is 1. The lowest BCUT2D eigenvalue weighted by molar-refractivity contribution is -0.137. The minimum absolute atomic E-state index is 0.0883. The van der Waals surface area contributed by atoms with Gasteiger partial charge in [0, 0.05) is 36.1 Å². The van der Waals surface area contributed by atoms with E-state index in [-0.39, 0.29) is 22.6 Å². The molecule has 0 saturated carbocycles. The summed E-state index contributed by atoms with van der Waals surface area (Å²) in [4.78, 5) is 14.5. The van der Waals surface area contributed by atoms with Gasteiger partial charge in [0.1, 0.15) is 0 Å². The molecule has 1 amide bonds. The molecule has 1 fully saturated rings. The second-order valence-electron chi connectivity index (χ2n) is 5.72.